The zero-order chi connectivity index (χ0) is 14.4. The Morgan fingerprint density at radius 3 is 2.63 bits per heavy atom. The van der Waals surface area contributed by atoms with Crippen LogP contribution in [0, 0.1) is 10.1 Å². The molecular formula is C13H19N3O3. The van der Waals surface area contributed by atoms with Crippen molar-refractivity contribution in [2.45, 2.75) is 33.2 Å². The minimum Gasteiger partial charge on any atom is -0.380 e. The zero-order valence-electron chi connectivity index (χ0n) is 11.4. The number of nitro groups is 1. The highest BCUT2D eigenvalue weighted by Gasteiger charge is 2.17. The van der Waals surface area contributed by atoms with E-state index in [4.69, 9.17) is 0 Å². The Bertz CT molecular complexity index is 474. The Morgan fingerprint density at radius 2 is 2.11 bits per heavy atom. The summed E-state index contributed by atoms with van der Waals surface area (Å²) in [6.45, 7) is 6.29. The summed E-state index contributed by atoms with van der Waals surface area (Å²) in [5.74, 6) is -0.291. The molecule has 0 aliphatic rings. The van der Waals surface area contributed by atoms with Crippen LogP contribution >= 0.6 is 0 Å². The molecule has 1 atom stereocenters. The van der Waals surface area contributed by atoms with Gasteiger partial charge in [-0.3, -0.25) is 14.9 Å². The largest absolute Gasteiger partial charge is 0.380 e. The van der Waals surface area contributed by atoms with Gasteiger partial charge in [0, 0.05) is 24.2 Å². The third kappa shape index (κ3) is 3.94. The van der Waals surface area contributed by atoms with Gasteiger partial charge in [-0.1, -0.05) is 6.92 Å². The number of anilines is 1. The second-order valence-electron chi connectivity index (χ2n) is 4.30. The van der Waals surface area contributed by atoms with E-state index >= 15 is 0 Å². The molecule has 0 saturated heterocycles. The van der Waals surface area contributed by atoms with Gasteiger partial charge in [-0.25, -0.2) is 0 Å². The molecule has 0 heterocycles. The summed E-state index contributed by atoms with van der Waals surface area (Å²) in [6.07, 6.45) is 0.809. The Morgan fingerprint density at radius 1 is 1.42 bits per heavy atom. The summed E-state index contributed by atoms with van der Waals surface area (Å²) in [6, 6.07) is 4.49. The molecule has 104 valence electrons. The van der Waals surface area contributed by atoms with Crippen molar-refractivity contribution in [2.75, 3.05) is 11.9 Å². The Labute approximate surface area is 112 Å². The average Bonchev–Trinajstić information content (AvgIpc) is 2.38. The van der Waals surface area contributed by atoms with Gasteiger partial charge < -0.3 is 10.6 Å². The summed E-state index contributed by atoms with van der Waals surface area (Å²) in [4.78, 5) is 22.4. The molecule has 0 aliphatic heterocycles. The van der Waals surface area contributed by atoms with E-state index < -0.39 is 4.92 Å². The average molecular weight is 265 g/mol. The van der Waals surface area contributed by atoms with E-state index in [0.29, 0.717) is 17.8 Å². The van der Waals surface area contributed by atoms with Crippen LogP contribution < -0.4 is 10.6 Å². The van der Waals surface area contributed by atoms with Gasteiger partial charge in [0.15, 0.2) is 0 Å². The van der Waals surface area contributed by atoms with E-state index in [1.165, 1.54) is 6.07 Å². The molecule has 2 N–H and O–H groups in total. The van der Waals surface area contributed by atoms with Crippen LogP contribution in [0.4, 0.5) is 11.4 Å². The topological polar surface area (TPSA) is 84.3 Å². The summed E-state index contributed by atoms with van der Waals surface area (Å²) < 4.78 is 0. The molecule has 1 rings (SSSR count). The molecule has 1 aromatic carbocycles. The normalized spacial score (nSPS) is 11.7. The van der Waals surface area contributed by atoms with Gasteiger partial charge in [0.25, 0.3) is 11.6 Å². The van der Waals surface area contributed by atoms with Crippen molar-refractivity contribution in [1.29, 1.82) is 0 Å². The minimum atomic E-state index is -0.488. The van der Waals surface area contributed by atoms with Gasteiger partial charge in [0.1, 0.15) is 5.69 Å². The van der Waals surface area contributed by atoms with Crippen LogP contribution in [0.25, 0.3) is 0 Å². The summed E-state index contributed by atoms with van der Waals surface area (Å²) >= 11 is 0. The van der Waals surface area contributed by atoms with Crippen molar-refractivity contribution in [3.63, 3.8) is 0 Å². The molecule has 6 heteroatoms. The summed E-state index contributed by atoms with van der Waals surface area (Å²) in [7, 11) is 0. The maximum absolute atomic E-state index is 11.9. The number of hydrogen-bond donors (Lipinski definition) is 2. The molecule has 0 bridgehead atoms. The van der Waals surface area contributed by atoms with E-state index in [1.54, 1.807) is 12.1 Å². The van der Waals surface area contributed by atoms with Gasteiger partial charge in [-0.05, 0) is 32.4 Å². The fraction of sp³-hybridized carbons (Fsp3) is 0.462. The first kappa shape index (κ1) is 14.9. The fourth-order valence-electron chi connectivity index (χ4n) is 1.57. The van der Waals surface area contributed by atoms with Crippen molar-refractivity contribution < 1.29 is 9.72 Å². The van der Waals surface area contributed by atoms with Gasteiger partial charge in [0.2, 0.25) is 0 Å². The molecule has 0 aromatic heterocycles. The summed E-state index contributed by atoms with van der Waals surface area (Å²) in [5.41, 5.74) is 0.639. The highest BCUT2D eigenvalue weighted by Crippen LogP contribution is 2.25. The predicted octanol–water partition coefficient (Wildman–Crippen LogP) is 2.55. The maximum Gasteiger partial charge on any atom is 0.293 e. The first-order valence-electron chi connectivity index (χ1n) is 6.32. The lowest BCUT2D eigenvalue weighted by atomic mass is 10.1. The lowest BCUT2D eigenvalue weighted by molar-refractivity contribution is -0.384. The molecule has 0 aliphatic carbocycles. The molecule has 0 spiro atoms. The lowest BCUT2D eigenvalue weighted by Gasteiger charge is -2.12. The van der Waals surface area contributed by atoms with Crippen molar-refractivity contribution in [3.05, 3.63) is 33.9 Å². The predicted molar refractivity (Wildman–Crippen MR) is 74.5 cm³/mol. The van der Waals surface area contributed by atoms with E-state index in [-0.39, 0.29) is 17.6 Å². The van der Waals surface area contributed by atoms with Gasteiger partial charge in [-0.2, -0.15) is 0 Å². The number of benzene rings is 1. The van der Waals surface area contributed by atoms with Crippen molar-refractivity contribution in [2.24, 2.45) is 0 Å². The van der Waals surface area contributed by atoms with Gasteiger partial charge >= 0.3 is 0 Å². The van der Waals surface area contributed by atoms with Crippen LogP contribution in [0.15, 0.2) is 18.2 Å². The second kappa shape index (κ2) is 6.72. The van der Waals surface area contributed by atoms with Crippen LogP contribution in [0.1, 0.15) is 37.6 Å². The number of carbonyl (C=O) groups is 1. The molecule has 1 aromatic rings. The number of rotatable bonds is 6. The van der Waals surface area contributed by atoms with Crippen LogP contribution in [-0.4, -0.2) is 23.4 Å². The molecular weight excluding hydrogens is 246 g/mol. The smallest absolute Gasteiger partial charge is 0.293 e. The van der Waals surface area contributed by atoms with Crippen LogP contribution in [-0.2, 0) is 0 Å². The zero-order valence-corrected chi connectivity index (χ0v) is 11.4. The van der Waals surface area contributed by atoms with E-state index in [1.807, 2.05) is 20.8 Å². The molecule has 1 amide bonds. The molecule has 0 fully saturated rings. The fourth-order valence-corrected chi connectivity index (χ4v) is 1.57. The van der Waals surface area contributed by atoms with E-state index in [2.05, 4.69) is 10.6 Å². The second-order valence-corrected chi connectivity index (χ2v) is 4.30. The molecule has 6 nitrogen and oxygen atoms in total. The van der Waals surface area contributed by atoms with Crippen molar-refractivity contribution in [3.8, 4) is 0 Å². The number of nitrogens with zero attached hydrogens (tertiary/aromatic N) is 1. The monoisotopic (exact) mass is 265 g/mol. The lowest BCUT2D eigenvalue weighted by Crippen LogP contribution is -2.31. The highest BCUT2D eigenvalue weighted by atomic mass is 16.6. The highest BCUT2D eigenvalue weighted by molar-refractivity contribution is 5.95. The molecule has 0 saturated carbocycles. The third-order valence-electron chi connectivity index (χ3n) is 2.81. The third-order valence-corrected chi connectivity index (χ3v) is 2.81. The number of amides is 1. The number of nitro benzene ring substituents is 1. The molecule has 19 heavy (non-hydrogen) atoms. The van der Waals surface area contributed by atoms with Crippen LogP contribution in [0.3, 0.4) is 0 Å². The molecule has 0 radical (unpaired) electrons. The standard InChI is InChI=1S/C13H19N3O3/c1-4-9(3)15-13(17)10-6-7-11(14-5-2)12(8-10)16(18)19/h6-9,14H,4-5H2,1-3H3,(H,15,17)/t9-/m1/s1. The molecule has 0 unspecified atom stereocenters. The quantitative estimate of drug-likeness (QED) is 0.611. The number of hydrogen-bond acceptors (Lipinski definition) is 4. The van der Waals surface area contributed by atoms with E-state index in [0.717, 1.165) is 6.42 Å². The van der Waals surface area contributed by atoms with E-state index in [9.17, 15) is 14.9 Å². The van der Waals surface area contributed by atoms with Crippen molar-refractivity contribution >= 4 is 17.3 Å². The first-order valence-corrected chi connectivity index (χ1v) is 6.32. The van der Waals surface area contributed by atoms with Crippen LogP contribution in [0.2, 0.25) is 0 Å². The maximum atomic E-state index is 11.9. The Kier molecular flexibility index (Phi) is 5.29. The number of carbonyl (C=O) groups excluding carboxylic acids is 1. The summed E-state index contributed by atoms with van der Waals surface area (Å²) in [5, 5.41) is 16.7. The Hall–Kier alpha value is -2.11. The van der Waals surface area contributed by atoms with Crippen LogP contribution in [0.5, 0.6) is 0 Å². The SMILES string of the molecule is CCNc1ccc(C(=O)N[C@H](C)CC)cc1[N+](=O)[O-]. The Balaban J connectivity index is 3.01. The van der Waals surface area contributed by atoms with Gasteiger partial charge in [-0.15, -0.1) is 0 Å². The number of nitrogens with one attached hydrogen (secondary N) is 2. The van der Waals surface area contributed by atoms with Gasteiger partial charge in [0.05, 0.1) is 4.92 Å². The first-order chi connectivity index (χ1) is 8.99. The minimum absolute atomic E-state index is 0.0417. The van der Waals surface area contributed by atoms with Crippen molar-refractivity contribution in [1.82, 2.24) is 5.32 Å².